The van der Waals surface area contributed by atoms with Gasteiger partial charge in [0.05, 0.1) is 18.3 Å². The molecule has 0 bridgehead atoms. The third-order valence-electron chi connectivity index (χ3n) is 2.80. The summed E-state index contributed by atoms with van der Waals surface area (Å²) in [6.07, 6.45) is 0. The van der Waals surface area contributed by atoms with Crippen molar-refractivity contribution in [1.82, 2.24) is 10.3 Å². The number of aryl methyl sites for hydroxylation is 1. The van der Waals surface area contributed by atoms with Gasteiger partial charge < -0.3 is 15.8 Å². The molecule has 4 nitrogen and oxygen atoms in total. The number of nitrogens with zero attached hydrogens (tertiary/aromatic N) is 1. The maximum atomic E-state index is 5.96. The number of nitrogens with two attached hydrogens (primary N) is 1. The lowest BCUT2D eigenvalue weighted by molar-refractivity contribution is 0.415. The number of benzene rings is 1. The number of rotatable bonds is 5. The van der Waals surface area contributed by atoms with Gasteiger partial charge >= 0.3 is 0 Å². The number of hydrogen-bond donors (Lipinski definition) is 2. The highest BCUT2D eigenvalue weighted by Gasteiger charge is 2.03. The van der Waals surface area contributed by atoms with E-state index in [4.69, 9.17) is 10.5 Å². The molecule has 1 aromatic carbocycles. The molecule has 18 heavy (non-hydrogen) atoms. The number of methoxy groups -OCH3 is 1. The molecule has 0 radical (unpaired) electrons. The van der Waals surface area contributed by atoms with Gasteiger partial charge in [-0.1, -0.05) is 6.07 Å². The van der Waals surface area contributed by atoms with Crippen LogP contribution in [0.5, 0.6) is 5.75 Å². The molecule has 0 saturated heterocycles. The summed E-state index contributed by atoms with van der Waals surface area (Å²) in [6, 6.07) is 5.75. The second-order valence-corrected chi connectivity index (χ2v) is 4.97. The number of anilines is 1. The van der Waals surface area contributed by atoms with E-state index in [2.05, 4.69) is 10.3 Å². The number of aromatic nitrogens is 1. The van der Waals surface area contributed by atoms with Crippen LogP contribution in [0.25, 0.3) is 0 Å². The van der Waals surface area contributed by atoms with E-state index in [0.717, 1.165) is 35.8 Å². The molecule has 0 fully saturated rings. The van der Waals surface area contributed by atoms with Gasteiger partial charge in [-0.05, 0) is 18.6 Å². The highest BCUT2D eigenvalue weighted by atomic mass is 32.1. The molecule has 96 valence electrons. The van der Waals surface area contributed by atoms with Crippen molar-refractivity contribution < 1.29 is 4.74 Å². The van der Waals surface area contributed by atoms with E-state index < -0.39 is 0 Å². The fraction of sp³-hybridized carbons (Fsp3) is 0.308. The van der Waals surface area contributed by atoms with Gasteiger partial charge in [-0.3, -0.25) is 0 Å². The Hall–Kier alpha value is -1.59. The number of nitrogens with one attached hydrogen (secondary N) is 1. The van der Waals surface area contributed by atoms with Crippen LogP contribution in [0.4, 0.5) is 5.69 Å². The first-order chi connectivity index (χ1) is 8.70. The van der Waals surface area contributed by atoms with Gasteiger partial charge in [0, 0.05) is 29.7 Å². The number of ether oxygens (including phenoxy) is 1. The fourth-order valence-corrected chi connectivity index (χ4v) is 2.41. The second-order valence-electron chi connectivity index (χ2n) is 4.03. The van der Waals surface area contributed by atoms with Gasteiger partial charge in [0.2, 0.25) is 0 Å². The van der Waals surface area contributed by atoms with Crippen molar-refractivity contribution in [1.29, 1.82) is 0 Å². The van der Waals surface area contributed by atoms with Crippen molar-refractivity contribution in [2.75, 3.05) is 12.8 Å². The van der Waals surface area contributed by atoms with Crippen molar-refractivity contribution in [3.8, 4) is 5.75 Å². The number of hydrogen-bond acceptors (Lipinski definition) is 5. The molecule has 0 unspecified atom stereocenters. The van der Waals surface area contributed by atoms with Crippen LogP contribution in [-0.4, -0.2) is 12.1 Å². The van der Waals surface area contributed by atoms with Gasteiger partial charge in [0.15, 0.2) is 0 Å². The van der Waals surface area contributed by atoms with Gasteiger partial charge in [0.1, 0.15) is 5.75 Å². The first kappa shape index (κ1) is 12.9. The lowest BCUT2D eigenvalue weighted by atomic mass is 10.1. The normalized spacial score (nSPS) is 10.6. The van der Waals surface area contributed by atoms with Gasteiger partial charge in [0.25, 0.3) is 0 Å². The summed E-state index contributed by atoms with van der Waals surface area (Å²) in [6.45, 7) is 3.59. The summed E-state index contributed by atoms with van der Waals surface area (Å²) in [7, 11) is 1.64. The zero-order chi connectivity index (χ0) is 13.0. The monoisotopic (exact) mass is 263 g/mol. The van der Waals surface area contributed by atoms with Crippen molar-refractivity contribution >= 4 is 17.0 Å². The average molecular weight is 263 g/mol. The van der Waals surface area contributed by atoms with Crippen LogP contribution in [0.1, 0.15) is 16.1 Å². The topological polar surface area (TPSA) is 60.2 Å². The van der Waals surface area contributed by atoms with E-state index in [-0.39, 0.29) is 0 Å². The molecule has 1 heterocycles. The molecule has 2 rings (SSSR count). The smallest absolute Gasteiger partial charge is 0.120 e. The quantitative estimate of drug-likeness (QED) is 0.813. The lowest BCUT2D eigenvalue weighted by Gasteiger charge is -2.09. The Morgan fingerprint density at radius 3 is 2.83 bits per heavy atom. The molecule has 0 saturated carbocycles. The molecular weight excluding hydrogens is 246 g/mol. The van der Waals surface area contributed by atoms with Crippen molar-refractivity contribution in [3.05, 3.63) is 39.8 Å². The van der Waals surface area contributed by atoms with Crippen LogP contribution in [0.15, 0.2) is 23.7 Å². The van der Waals surface area contributed by atoms with Crippen LogP contribution in [-0.2, 0) is 13.1 Å². The summed E-state index contributed by atoms with van der Waals surface area (Å²) >= 11 is 1.67. The number of thiazole rings is 1. The van der Waals surface area contributed by atoms with E-state index in [9.17, 15) is 0 Å². The Kier molecular flexibility index (Phi) is 4.17. The van der Waals surface area contributed by atoms with Crippen LogP contribution in [0, 0.1) is 6.92 Å². The number of nitrogen functional groups attached to an aromatic ring is 1. The maximum absolute atomic E-state index is 5.96. The predicted molar refractivity (Wildman–Crippen MR) is 74.8 cm³/mol. The Morgan fingerprint density at radius 2 is 2.22 bits per heavy atom. The van der Waals surface area contributed by atoms with Crippen LogP contribution in [0.3, 0.4) is 0 Å². The van der Waals surface area contributed by atoms with E-state index in [1.54, 1.807) is 18.4 Å². The summed E-state index contributed by atoms with van der Waals surface area (Å²) in [5, 5.41) is 3.37. The first-order valence-electron chi connectivity index (χ1n) is 5.72. The molecule has 0 amide bonds. The summed E-state index contributed by atoms with van der Waals surface area (Å²) in [5.41, 5.74) is 10.8. The van der Waals surface area contributed by atoms with Crippen molar-refractivity contribution in [3.63, 3.8) is 0 Å². The van der Waals surface area contributed by atoms with E-state index in [1.807, 2.05) is 30.6 Å². The van der Waals surface area contributed by atoms with Crippen molar-refractivity contribution in [2.24, 2.45) is 0 Å². The third kappa shape index (κ3) is 3.00. The minimum atomic E-state index is 0.743. The molecule has 3 N–H and O–H groups in total. The standard InChI is InChI=1S/C13H17N3OS/c1-9-13(18-8-16-9)7-15-6-10-3-4-11(17-2)5-12(10)14/h3-5,8,15H,6-7,14H2,1-2H3. The summed E-state index contributed by atoms with van der Waals surface area (Å²) in [5.74, 6) is 0.787. The van der Waals surface area contributed by atoms with E-state index in [0.29, 0.717) is 0 Å². The summed E-state index contributed by atoms with van der Waals surface area (Å²) in [4.78, 5) is 5.49. The highest BCUT2D eigenvalue weighted by molar-refractivity contribution is 7.09. The zero-order valence-corrected chi connectivity index (χ0v) is 11.4. The van der Waals surface area contributed by atoms with Crippen molar-refractivity contribution in [2.45, 2.75) is 20.0 Å². The third-order valence-corrected chi connectivity index (χ3v) is 3.73. The zero-order valence-electron chi connectivity index (χ0n) is 10.6. The fourth-order valence-electron chi connectivity index (χ4n) is 1.67. The summed E-state index contributed by atoms with van der Waals surface area (Å²) < 4.78 is 5.12. The van der Waals surface area contributed by atoms with Crippen LogP contribution < -0.4 is 15.8 Å². The molecule has 0 aliphatic rings. The Bertz CT molecular complexity index is 525. The minimum Gasteiger partial charge on any atom is -0.497 e. The largest absolute Gasteiger partial charge is 0.497 e. The molecule has 0 aliphatic carbocycles. The molecule has 0 atom stereocenters. The highest BCUT2D eigenvalue weighted by Crippen LogP contribution is 2.19. The van der Waals surface area contributed by atoms with Crippen LogP contribution >= 0.6 is 11.3 Å². The Balaban J connectivity index is 1.92. The van der Waals surface area contributed by atoms with Crippen LogP contribution in [0.2, 0.25) is 0 Å². The van der Waals surface area contributed by atoms with Gasteiger partial charge in [-0.15, -0.1) is 11.3 Å². The molecule has 5 heteroatoms. The molecule has 1 aromatic heterocycles. The lowest BCUT2D eigenvalue weighted by Crippen LogP contribution is -2.13. The van der Waals surface area contributed by atoms with Gasteiger partial charge in [-0.2, -0.15) is 0 Å². The molecule has 2 aromatic rings. The molecule has 0 spiro atoms. The predicted octanol–water partition coefficient (Wildman–Crippen LogP) is 2.33. The molecular formula is C13H17N3OS. The first-order valence-corrected chi connectivity index (χ1v) is 6.60. The Labute approximate surface area is 111 Å². The average Bonchev–Trinajstić information content (AvgIpc) is 2.77. The van der Waals surface area contributed by atoms with Gasteiger partial charge in [-0.25, -0.2) is 4.98 Å². The second kappa shape index (κ2) is 5.84. The molecule has 0 aliphatic heterocycles. The SMILES string of the molecule is COc1ccc(CNCc2scnc2C)c(N)c1. The Morgan fingerprint density at radius 1 is 1.39 bits per heavy atom. The minimum absolute atomic E-state index is 0.743. The van der Waals surface area contributed by atoms with E-state index >= 15 is 0 Å². The maximum Gasteiger partial charge on any atom is 0.120 e. The van der Waals surface area contributed by atoms with E-state index in [1.165, 1.54) is 4.88 Å².